The van der Waals surface area contributed by atoms with Gasteiger partial charge >= 0.3 is 0 Å². The zero-order valence-electron chi connectivity index (χ0n) is 19.5. The van der Waals surface area contributed by atoms with E-state index in [2.05, 4.69) is 25.2 Å². The summed E-state index contributed by atoms with van der Waals surface area (Å²) in [7, 11) is -3.28. The van der Waals surface area contributed by atoms with E-state index < -0.39 is 9.84 Å². The Hall–Kier alpha value is -2.79. The van der Waals surface area contributed by atoms with Crippen molar-refractivity contribution in [3.8, 4) is 11.4 Å². The molecule has 0 bridgehead atoms. The Labute approximate surface area is 193 Å². The highest BCUT2D eigenvalue weighted by Gasteiger charge is 2.27. The van der Waals surface area contributed by atoms with Gasteiger partial charge in [0.25, 0.3) is 11.8 Å². The van der Waals surface area contributed by atoms with Gasteiger partial charge in [-0.15, -0.1) is 0 Å². The lowest BCUT2D eigenvalue weighted by atomic mass is 10.1. The van der Waals surface area contributed by atoms with Crippen molar-refractivity contribution in [2.75, 3.05) is 24.2 Å². The van der Waals surface area contributed by atoms with Crippen molar-refractivity contribution in [1.82, 2.24) is 20.3 Å². The number of aromatic nitrogens is 4. The van der Waals surface area contributed by atoms with Gasteiger partial charge in [-0.05, 0) is 55.6 Å². The van der Waals surface area contributed by atoms with Crippen LogP contribution in [0.3, 0.4) is 0 Å². The van der Waals surface area contributed by atoms with Crippen LogP contribution in [0, 0.1) is 6.92 Å². The van der Waals surface area contributed by atoms with E-state index in [1.807, 2.05) is 20.8 Å². The van der Waals surface area contributed by atoms with Crippen LogP contribution in [0.4, 0.5) is 5.95 Å². The van der Waals surface area contributed by atoms with E-state index in [1.54, 1.807) is 25.1 Å². The first-order valence-electron chi connectivity index (χ1n) is 11.0. The predicted octanol–water partition coefficient (Wildman–Crippen LogP) is 3.70. The number of ether oxygens (including phenoxy) is 1. The summed E-state index contributed by atoms with van der Waals surface area (Å²) >= 11 is 0. The molecule has 0 spiro atoms. The third kappa shape index (κ3) is 5.25. The molecule has 1 saturated heterocycles. The summed E-state index contributed by atoms with van der Waals surface area (Å²) in [6.45, 7) is 9.22. The molecule has 0 amide bonds. The van der Waals surface area contributed by atoms with Crippen LogP contribution >= 0.6 is 0 Å². The molecule has 3 heterocycles. The molecule has 1 unspecified atom stereocenters. The first-order chi connectivity index (χ1) is 15.6. The van der Waals surface area contributed by atoms with Gasteiger partial charge in [-0.25, -0.2) is 8.42 Å². The Morgan fingerprint density at radius 2 is 1.76 bits per heavy atom. The molecule has 4 rings (SSSR count). The average Bonchev–Trinajstić information content (AvgIpc) is 3.44. The maximum atomic E-state index is 11.8. The summed E-state index contributed by atoms with van der Waals surface area (Å²) in [4.78, 5) is 11.3. The highest BCUT2D eigenvalue weighted by molar-refractivity contribution is 7.90. The molecule has 0 N–H and O–H groups in total. The van der Waals surface area contributed by atoms with E-state index in [0.717, 1.165) is 25.9 Å². The fraction of sp³-hybridized carbons (Fsp3) is 0.545. The Bertz CT molecular complexity index is 1210. The van der Waals surface area contributed by atoms with Gasteiger partial charge in [0.1, 0.15) is 6.10 Å². The second-order valence-electron chi connectivity index (χ2n) is 8.76. The maximum absolute atomic E-state index is 11.8. The van der Waals surface area contributed by atoms with Crippen LogP contribution in [0.2, 0.25) is 0 Å². The number of sulfone groups is 1. The lowest BCUT2D eigenvalue weighted by Gasteiger charge is -2.31. The molecule has 0 saturated carbocycles. The van der Waals surface area contributed by atoms with E-state index in [1.165, 1.54) is 6.26 Å². The summed E-state index contributed by atoms with van der Waals surface area (Å²) in [6.07, 6.45) is 2.53. The van der Waals surface area contributed by atoms with Gasteiger partial charge in [-0.3, -0.25) is 0 Å². The van der Waals surface area contributed by atoms with Crippen LogP contribution in [0.5, 0.6) is 0 Å². The third-order valence-electron chi connectivity index (χ3n) is 5.67. The molecular formula is C22H29N5O5S. The van der Waals surface area contributed by atoms with Crippen LogP contribution in [0.15, 0.2) is 32.1 Å². The van der Waals surface area contributed by atoms with Crippen LogP contribution in [0.1, 0.15) is 63.0 Å². The number of nitrogens with zero attached hydrogens (tertiary/aromatic N) is 5. The molecule has 3 aromatic rings. The Morgan fingerprint density at radius 3 is 2.36 bits per heavy atom. The number of anilines is 1. The molecule has 33 heavy (non-hydrogen) atoms. The monoisotopic (exact) mass is 475 g/mol. The molecule has 1 fully saturated rings. The van der Waals surface area contributed by atoms with Crippen molar-refractivity contribution in [3.05, 3.63) is 35.5 Å². The summed E-state index contributed by atoms with van der Waals surface area (Å²) in [6, 6.07) is 4.99. The average molecular weight is 476 g/mol. The molecule has 1 aliphatic heterocycles. The van der Waals surface area contributed by atoms with E-state index in [9.17, 15) is 8.42 Å². The van der Waals surface area contributed by atoms with E-state index in [0.29, 0.717) is 39.6 Å². The molecule has 1 aliphatic rings. The molecule has 1 aromatic carbocycles. The molecule has 10 nitrogen and oxygen atoms in total. The minimum Gasteiger partial charge on any atom is -0.365 e. The lowest BCUT2D eigenvalue weighted by Crippen LogP contribution is -2.38. The fourth-order valence-electron chi connectivity index (χ4n) is 3.85. The number of hydrogen-bond donors (Lipinski definition) is 0. The molecule has 178 valence electrons. The van der Waals surface area contributed by atoms with E-state index >= 15 is 0 Å². The zero-order valence-corrected chi connectivity index (χ0v) is 20.3. The smallest absolute Gasteiger partial charge is 0.266 e. The van der Waals surface area contributed by atoms with Crippen molar-refractivity contribution in [2.24, 2.45) is 0 Å². The first kappa shape index (κ1) is 23.4. The molecule has 0 aliphatic carbocycles. The lowest BCUT2D eigenvalue weighted by molar-refractivity contribution is -0.0300. The number of aryl methyl sites for hydroxylation is 1. The minimum atomic E-state index is -3.28. The fourth-order valence-corrected chi connectivity index (χ4v) is 4.81. The summed E-state index contributed by atoms with van der Waals surface area (Å²) < 4.78 is 40.6. The van der Waals surface area contributed by atoms with Gasteiger partial charge < -0.3 is 18.7 Å². The minimum absolute atomic E-state index is 0.0550. The standard InChI is InChI=1S/C22H29N5O5S/c1-13(2)20-24-22(26-31-20)27-10-8-17(9-11-27)30-15(4)21-23-19(25-32-21)16-6-7-18(14(3)12-16)33(5,28)29/h6-7,12-13,15,17H,8-11H2,1-5H3. The van der Waals surface area contributed by atoms with Crippen molar-refractivity contribution in [1.29, 1.82) is 0 Å². The Balaban J connectivity index is 1.35. The van der Waals surface area contributed by atoms with Gasteiger partial charge in [0, 0.05) is 30.8 Å². The second-order valence-corrected chi connectivity index (χ2v) is 10.7. The highest BCUT2D eigenvalue weighted by atomic mass is 32.2. The predicted molar refractivity (Wildman–Crippen MR) is 121 cm³/mol. The Morgan fingerprint density at radius 1 is 1.06 bits per heavy atom. The molecule has 11 heteroatoms. The van der Waals surface area contributed by atoms with Crippen molar-refractivity contribution in [2.45, 2.75) is 63.6 Å². The second kappa shape index (κ2) is 9.22. The highest BCUT2D eigenvalue weighted by Crippen LogP contribution is 2.27. The largest absolute Gasteiger partial charge is 0.365 e. The van der Waals surface area contributed by atoms with Crippen molar-refractivity contribution >= 4 is 15.8 Å². The van der Waals surface area contributed by atoms with Gasteiger partial charge in [-0.2, -0.15) is 9.97 Å². The first-order valence-corrected chi connectivity index (χ1v) is 12.9. The maximum Gasteiger partial charge on any atom is 0.266 e. The molecule has 1 atom stereocenters. The van der Waals surface area contributed by atoms with Crippen LogP contribution < -0.4 is 4.90 Å². The zero-order chi connectivity index (χ0) is 23.8. The van der Waals surface area contributed by atoms with Crippen LogP contribution in [0.25, 0.3) is 11.4 Å². The van der Waals surface area contributed by atoms with Crippen LogP contribution in [-0.4, -0.2) is 54.1 Å². The van der Waals surface area contributed by atoms with Crippen LogP contribution in [-0.2, 0) is 14.6 Å². The van der Waals surface area contributed by atoms with Gasteiger partial charge in [0.2, 0.25) is 11.7 Å². The topological polar surface area (TPSA) is 124 Å². The van der Waals surface area contributed by atoms with Gasteiger partial charge in [0.15, 0.2) is 9.84 Å². The SMILES string of the molecule is Cc1cc(-c2noc(C(C)OC3CCN(c4noc(C(C)C)n4)CC3)n2)ccc1S(C)(=O)=O. The van der Waals surface area contributed by atoms with Crippen molar-refractivity contribution < 1.29 is 22.2 Å². The summed E-state index contributed by atoms with van der Waals surface area (Å²) in [5.41, 5.74) is 1.33. The molecular weight excluding hydrogens is 446 g/mol. The Kier molecular flexibility index (Phi) is 6.53. The summed E-state index contributed by atoms with van der Waals surface area (Å²) in [5, 5.41) is 8.13. The van der Waals surface area contributed by atoms with E-state index in [-0.39, 0.29) is 18.1 Å². The van der Waals surface area contributed by atoms with Gasteiger partial charge in [0.05, 0.1) is 11.0 Å². The number of piperidine rings is 1. The number of benzene rings is 1. The quantitative estimate of drug-likeness (QED) is 0.499. The normalized spacial score (nSPS) is 16.5. The summed E-state index contributed by atoms with van der Waals surface area (Å²) in [5.74, 6) is 2.26. The third-order valence-corrected chi connectivity index (χ3v) is 6.93. The van der Waals surface area contributed by atoms with Crippen molar-refractivity contribution in [3.63, 3.8) is 0 Å². The molecule has 0 radical (unpaired) electrons. The van der Waals surface area contributed by atoms with E-state index in [4.69, 9.17) is 13.8 Å². The van der Waals surface area contributed by atoms with Gasteiger partial charge in [-0.1, -0.05) is 19.0 Å². The molecule has 2 aromatic heterocycles. The number of rotatable bonds is 7. The number of hydrogen-bond acceptors (Lipinski definition) is 10.